The van der Waals surface area contributed by atoms with Gasteiger partial charge in [0.15, 0.2) is 0 Å². The Hall–Kier alpha value is -2.63. The van der Waals surface area contributed by atoms with Gasteiger partial charge in [-0.2, -0.15) is 0 Å². The van der Waals surface area contributed by atoms with E-state index in [4.69, 9.17) is 0 Å². The van der Waals surface area contributed by atoms with Crippen LogP contribution in [0, 0.1) is 0 Å². The Bertz CT molecular complexity index is 602. The van der Waals surface area contributed by atoms with Crippen molar-refractivity contribution in [3.05, 3.63) is 48.5 Å². The number of nitrogens with zero attached hydrogens (tertiary/aromatic N) is 3. The number of anilines is 2. The monoisotopic (exact) mass is 269 g/mol. The smallest absolute Gasteiger partial charge is 0.321 e. The number of hydrogen-bond acceptors (Lipinski definition) is 4. The van der Waals surface area contributed by atoms with Crippen molar-refractivity contribution in [2.75, 3.05) is 23.3 Å². The van der Waals surface area contributed by atoms with Gasteiger partial charge in [-0.3, -0.25) is 4.90 Å². The fraction of sp³-hybridized carbons (Fsp3) is 0.214. The Morgan fingerprint density at radius 2 is 2.15 bits per heavy atom. The molecule has 1 aliphatic heterocycles. The SMILES string of the molecule is O=C1NCCN1c1cccc(NCc2cncnc2)c1. The average molecular weight is 269 g/mol. The number of hydrogen-bond donors (Lipinski definition) is 2. The minimum absolute atomic E-state index is 0.0430. The summed E-state index contributed by atoms with van der Waals surface area (Å²) in [7, 11) is 0. The summed E-state index contributed by atoms with van der Waals surface area (Å²) in [5.41, 5.74) is 2.87. The third-order valence-corrected chi connectivity index (χ3v) is 3.13. The van der Waals surface area contributed by atoms with Crippen molar-refractivity contribution in [1.82, 2.24) is 15.3 Å². The van der Waals surface area contributed by atoms with Crippen LogP contribution in [0.15, 0.2) is 43.0 Å². The first-order valence-electron chi connectivity index (χ1n) is 6.46. The number of carbonyl (C=O) groups is 1. The van der Waals surface area contributed by atoms with Crippen LogP contribution in [0.2, 0.25) is 0 Å². The number of amides is 2. The van der Waals surface area contributed by atoms with Gasteiger partial charge in [-0.15, -0.1) is 0 Å². The fourth-order valence-electron chi connectivity index (χ4n) is 2.13. The fourth-order valence-corrected chi connectivity index (χ4v) is 2.13. The summed E-state index contributed by atoms with van der Waals surface area (Å²) in [6.07, 6.45) is 5.06. The number of rotatable bonds is 4. The third kappa shape index (κ3) is 2.69. The Morgan fingerprint density at radius 1 is 1.30 bits per heavy atom. The molecule has 102 valence electrons. The zero-order valence-corrected chi connectivity index (χ0v) is 10.9. The van der Waals surface area contributed by atoms with Crippen LogP contribution >= 0.6 is 0 Å². The van der Waals surface area contributed by atoms with E-state index in [9.17, 15) is 4.79 Å². The predicted molar refractivity (Wildman–Crippen MR) is 76.5 cm³/mol. The van der Waals surface area contributed by atoms with E-state index in [2.05, 4.69) is 20.6 Å². The maximum Gasteiger partial charge on any atom is 0.321 e. The lowest BCUT2D eigenvalue weighted by atomic mass is 10.2. The topological polar surface area (TPSA) is 70.2 Å². The molecular formula is C14H15N5O. The Labute approximate surface area is 116 Å². The molecule has 2 aromatic rings. The minimum Gasteiger partial charge on any atom is -0.381 e. The zero-order chi connectivity index (χ0) is 13.8. The minimum atomic E-state index is -0.0430. The Kier molecular flexibility index (Phi) is 3.45. The molecule has 2 amide bonds. The van der Waals surface area contributed by atoms with E-state index >= 15 is 0 Å². The first-order valence-corrected chi connectivity index (χ1v) is 6.46. The first-order chi connectivity index (χ1) is 9.83. The molecule has 6 heteroatoms. The van der Waals surface area contributed by atoms with Gasteiger partial charge in [0.25, 0.3) is 0 Å². The molecule has 0 radical (unpaired) electrons. The number of benzene rings is 1. The highest BCUT2D eigenvalue weighted by Gasteiger charge is 2.20. The van der Waals surface area contributed by atoms with Crippen LogP contribution in [0.5, 0.6) is 0 Å². The van der Waals surface area contributed by atoms with E-state index in [1.807, 2.05) is 24.3 Å². The zero-order valence-electron chi connectivity index (χ0n) is 10.9. The van der Waals surface area contributed by atoms with E-state index in [0.29, 0.717) is 19.6 Å². The van der Waals surface area contributed by atoms with Crippen molar-refractivity contribution in [3.63, 3.8) is 0 Å². The molecule has 2 heterocycles. The second-order valence-corrected chi connectivity index (χ2v) is 4.53. The van der Waals surface area contributed by atoms with E-state index in [1.54, 1.807) is 17.3 Å². The van der Waals surface area contributed by atoms with Gasteiger partial charge in [-0.25, -0.2) is 14.8 Å². The number of nitrogens with one attached hydrogen (secondary N) is 2. The molecule has 1 saturated heterocycles. The van der Waals surface area contributed by atoms with Crippen LogP contribution < -0.4 is 15.5 Å². The van der Waals surface area contributed by atoms with Crippen LogP contribution in [0.4, 0.5) is 16.2 Å². The molecular weight excluding hydrogens is 254 g/mol. The summed E-state index contributed by atoms with van der Waals surface area (Å²) in [6, 6.07) is 7.77. The predicted octanol–water partition coefficient (Wildman–Crippen LogP) is 1.62. The maximum atomic E-state index is 11.6. The molecule has 1 aromatic carbocycles. The van der Waals surface area contributed by atoms with Gasteiger partial charge in [0.1, 0.15) is 6.33 Å². The van der Waals surface area contributed by atoms with Crippen molar-refractivity contribution in [2.45, 2.75) is 6.54 Å². The molecule has 20 heavy (non-hydrogen) atoms. The van der Waals surface area contributed by atoms with Crippen molar-refractivity contribution in [1.29, 1.82) is 0 Å². The Balaban J connectivity index is 1.70. The average Bonchev–Trinajstić information content (AvgIpc) is 2.93. The molecule has 0 atom stereocenters. The molecule has 0 bridgehead atoms. The molecule has 6 nitrogen and oxygen atoms in total. The van der Waals surface area contributed by atoms with Crippen LogP contribution in [0.1, 0.15) is 5.56 Å². The van der Waals surface area contributed by atoms with E-state index in [0.717, 1.165) is 16.9 Å². The van der Waals surface area contributed by atoms with Crippen LogP contribution in [-0.2, 0) is 6.54 Å². The normalized spacial score (nSPS) is 14.2. The molecule has 0 aliphatic carbocycles. The molecule has 0 saturated carbocycles. The summed E-state index contributed by atoms with van der Waals surface area (Å²) in [4.78, 5) is 21.3. The van der Waals surface area contributed by atoms with Gasteiger partial charge >= 0.3 is 6.03 Å². The molecule has 2 N–H and O–H groups in total. The van der Waals surface area contributed by atoms with Gasteiger partial charge < -0.3 is 10.6 Å². The van der Waals surface area contributed by atoms with Crippen LogP contribution in [-0.4, -0.2) is 29.1 Å². The highest BCUT2D eigenvalue weighted by molar-refractivity contribution is 5.94. The van der Waals surface area contributed by atoms with Gasteiger partial charge in [0.2, 0.25) is 0 Å². The van der Waals surface area contributed by atoms with Crippen molar-refractivity contribution < 1.29 is 4.79 Å². The highest BCUT2D eigenvalue weighted by atomic mass is 16.2. The van der Waals surface area contributed by atoms with E-state index < -0.39 is 0 Å². The first kappa shape index (κ1) is 12.4. The van der Waals surface area contributed by atoms with E-state index in [1.165, 1.54) is 6.33 Å². The third-order valence-electron chi connectivity index (χ3n) is 3.13. The van der Waals surface area contributed by atoms with Crippen molar-refractivity contribution in [3.8, 4) is 0 Å². The largest absolute Gasteiger partial charge is 0.381 e. The van der Waals surface area contributed by atoms with Crippen LogP contribution in [0.3, 0.4) is 0 Å². The summed E-state index contributed by atoms with van der Waals surface area (Å²) in [5.74, 6) is 0. The summed E-state index contributed by atoms with van der Waals surface area (Å²) in [5, 5.41) is 6.10. The number of carbonyl (C=O) groups excluding carboxylic acids is 1. The molecule has 3 rings (SSSR count). The van der Waals surface area contributed by atoms with Crippen LogP contribution in [0.25, 0.3) is 0 Å². The molecule has 1 fully saturated rings. The summed E-state index contributed by atoms with van der Waals surface area (Å²) in [6.45, 7) is 2.04. The number of urea groups is 1. The second-order valence-electron chi connectivity index (χ2n) is 4.53. The van der Waals surface area contributed by atoms with Crippen molar-refractivity contribution in [2.24, 2.45) is 0 Å². The molecule has 1 aromatic heterocycles. The van der Waals surface area contributed by atoms with E-state index in [-0.39, 0.29) is 6.03 Å². The lowest BCUT2D eigenvalue weighted by Gasteiger charge is -2.15. The van der Waals surface area contributed by atoms with Gasteiger partial charge in [0, 0.05) is 49.0 Å². The molecule has 0 spiro atoms. The molecule has 0 unspecified atom stereocenters. The van der Waals surface area contributed by atoms with Crippen molar-refractivity contribution >= 4 is 17.4 Å². The lowest BCUT2D eigenvalue weighted by Crippen LogP contribution is -2.27. The second kappa shape index (κ2) is 5.56. The number of aromatic nitrogens is 2. The molecule has 1 aliphatic rings. The standard InChI is InChI=1S/C14H15N5O/c20-14-17-4-5-19(14)13-3-1-2-12(6-13)18-9-11-7-15-10-16-8-11/h1-3,6-8,10,18H,4-5,9H2,(H,17,20). The Morgan fingerprint density at radius 3 is 2.90 bits per heavy atom. The van der Waals surface area contributed by atoms with Gasteiger partial charge in [0.05, 0.1) is 0 Å². The van der Waals surface area contributed by atoms with Gasteiger partial charge in [-0.1, -0.05) is 6.07 Å². The summed E-state index contributed by atoms with van der Waals surface area (Å²) >= 11 is 0. The quantitative estimate of drug-likeness (QED) is 0.885. The lowest BCUT2D eigenvalue weighted by molar-refractivity contribution is 0.252. The summed E-state index contributed by atoms with van der Waals surface area (Å²) < 4.78 is 0. The maximum absolute atomic E-state index is 11.6. The van der Waals surface area contributed by atoms with Gasteiger partial charge in [-0.05, 0) is 18.2 Å². The highest BCUT2D eigenvalue weighted by Crippen LogP contribution is 2.21.